The molecule has 1 saturated carbocycles. The minimum absolute atomic E-state index is 0.0136. The smallest absolute Gasteiger partial charge is 0.315 e. The van der Waals surface area contributed by atoms with Crippen LogP contribution in [0.15, 0.2) is 17.5 Å². The standard InChI is InChI=1S/C17H25N3O2S/c21-16(12-18-17(22)19-13-6-2-1-3-7-13)20-10-4-8-14(20)15-9-5-11-23-15/h5,9,11,13-14H,1-4,6-8,10,12H2,(H2,18,19,22). The molecule has 1 aliphatic carbocycles. The molecule has 1 aliphatic heterocycles. The van der Waals surface area contributed by atoms with Gasteiger partial charge in [-0.2, -0.15) is 0 Å². The SMILES string of the molecule is O=C(NCC(=O)N1CCCC1c1cccs1)NC1CCCCC1. The monoisotopic (exact) mass is 335 g/mol. The molecule has 2 aliphatic rings. The fourth-order valence-electron chi connectivity index (χ4n) is 3.58. The van der Waals surface area contributed by atoms with Crippen LogP contribution in [0.3, 0.4) is 0 Å². The molecule has 1 aromatic rings. The molecule has 1 saturated heterocycles. The predicted molar refractivity (Wildman–Crippen MR) is 91.4 cm³/mol. The molecule has 2 N–H and O–H groups in total. The third-order valence-corrected chi connectivity index (χ3v) is 5.76. The van der Waals surface area contributed by atoms with Crippen LogP contribution in [0.1, 0.15) is 55.9 Å². The van der Waals surface area contributed by atoms with E-state index in [1.54, 1.807) is 11.3 Å². The largest absolute Gasteiger partial charge is 0.335 e. The zero-order valence-corrected chi connectivity index (χ0v) is 14.2. The molecule has 0 aromatic carbocycles. The lowest BCUT2D eigenvalue weighted by atomic mass is 9.96. The number of hydrogen-bond donors (Lipinski definition) is 2. The summed E-state index contributed by atoms with van der Waals surface area (Å²) < 4.78 is 0. The van der Waals surface area contributed by atoms with E-state index in [2.05, 4.69) is 16.7 Å². The molecule has 3 amide bonds. The molecule has 1 aromatic heterocycles. The van der Waals surface area contributed by atoms with Gasteiger partial charge in [0.15, 0.2) is 0 Å². The normalized spacial score (nSPS) is 22.1. The zero-order chi connectivity index (χ0) is 16.1. The molecule has 126 valence electrons. The summed E-state index contributed by atoms with van der Waals surface area (Å²) in [4.78, 5) is 27.5. The van der Waals surface area contributed by atoms with Gasteiger partial charge in [-0.25, -0.2) is 4.79 Å². The molecular formula is C17H25N3O2S. The maximum Gasteiger partial charge on any atom is 0.315 e. The number of nitrogens with one attached hydrogen (secondary N) is 2. The average molecular weight is 335 g/mol. The van der Waals surface area contributed by atoms with E-state index in [0.29, 0.717) is 0 Å². The van der Waals surface area contributed by atoms with E-state index in [4.69, 9.17) is 0 Å². The van der Waals surface area contributed by atoms with Gasteiger partial charge in [-0.15, -0.1) is 11.3 Å². The van der Waals surface area contributed by atoms with Crippen molar-refractivity contribution in [3.63, 3.8) is 0 Å². The Morgan fingerprint density at radius 2 is 2.00 bits per heavy atom. The second-order valence-electron chi connectivity index (χ2n) is 6.42. The van der Waals surface area contributed by atoms with Crippen LogP contribution in [0.25, 0.3) is 0 Å². The third kappa shape index (κ3) is 4.25. The van der Waals surface area contributed by atoms with Crippen LogP contribution in [-0.2, 0) is 4.79 Å². The van der Waals surface area contributed by atoms with Gasteiger partial charge < -0.3 is 15.5 Å². The lowest BCUT2D eigenvalue weighted by Crippen LogP contribution is -2.46. The summed E-state index contributed by atoms with van der Waals surface area (Å²) in [7, 11) is 0. The molecule has 2 fully saturated rings. The minimum Gasteiger partial charge on any atom is -0.335 e. The third-order valence-electron chi connectivity index (χ3n) is 4.79. The van der Waals surface area contributed by atoms with Gasteiger partial charge in [0.25, 0.3) is 0 Å². The van der Waals surface area contributed by atoms with Crippen molar-refractivity contribution in [2.24, 2.45) is 0 Å². The quantitative estimate of drug-likeness (QED) is 0.888. The van der Waals surface area contributed by atoms with Crippen LogP contribution in [0.2, 0.25) is 0 Å². The number of carbonyl (C=O) groups excluding carboxylic acids is 2. The second-order valence-corrected chi connectivity index (χ2v) is 7.40. The highest BCUT2D eigenvalue weighted by Crippen LogP contribution is 2.34. The number of thiophene rings is 1. The molecule has 5 nitrogen and oxygen atoms in total. The highest BCUT2D eigenvalue weighted by atomic mass is 32.1. The number of amides is 3. The van der Waals surface area contributed by atoms with E-state index in [1.807, 2.05) is 16.3 Å². The van der Waals surface area contributed by atoms with Gasteiger partial charge in [-0.3, -0.25) is 4.79 Å². The summed E-state index contributed by atoms with van der Waals surface area (Å²) in [5.74, 6) is 0.0136. The van der Waals surface area contributed by atoms with E-state index in [-0.39, 0.29) is 30.6 Å². The zero-order valence-electron chi connectivity index (χ0n) is 13.4. The van der Waals surface area contributed by atoms with Crippen molar-refractivity contribution < 1.29 is 9.59 Å². The van der Waals surface area contributed by atoms with Crippen molar-refractivity contribution in [2.75, 3.05) is 13.1 Å². The predicted octanol–water partition coefficient (Wildman–Crippen LogP) is 3.04. The maximum absolute atomic E-state index is 12.4. The number of hydrogen-bond acceptors (Lipinski definition) is 3. The van der Waals surface area contributed by atoms with Crippen molar-refractivity contribution >= 4 is 23.3 Å². The lowest BCUT2D eigenvalue weighted by Gasteiger charge is -2.25. The van der Waals surface area contributed by atoms with Crippen molar-refractivity contribution in [1.82, 2.24) is 15.5 Å². The summed E-state index contributed by atoms with van der Waals surface area (Å²) in [5.41, 5.74) is 0. The molecule has 1 unspecified atom stereocenters. The molecule has 1 atom stereocenters. The average Bonchev–Trinajstić information content (AvgIpc) is 3.24. The van der Waals surface area contributed by atoms with Crippen molar-refractivity contribution in [1.29, 1.82) is 0 Å². The van der Waals surface area contributed by atoms with Crippen LogP contribution < -0.4 is 10.6 Å². The second kappa shape index (κ2) is 7.81. The van der Waals surface area contributed by atoms with Crippen molar-refractivity contribution in [3.8, 4) is 0 Å². The minimum atomic E-state index is -0.211. The van der Waals surface area contributed by atoms with Gasteiger partial charge in [-0.1, -0.05) is 25.3 Å². The number of urea groups is 1. The number of rotatable bonds is 4. The summed E-state index contributed by atoms with van der Waals surface area (Å²) in [6.45, 7) is 0.869. The van der Waals surface area contributed by atoms with Gasteiger partial charge >= 0.3 is 6.03 Å². The molecule has 0 spiro atoms. The summed E-state index contributed by atoms with van der Waals surface area (Å²) in [5, 5.41) is 7.77. The number of likely N-dealkylation sites (tertiary alicyclic amines) is 1. The highest BCUT2D eigenvalue weighted by Gasteiger charge is 2.30. The first kappa shape index (κ1) is 16.3. The van der Waals surface area contributed by atoms with Crippen molar-refractivity contribution in [2.45, 2.75) is 57.0 Å². The molecular weight excluding hydrogens is 310 g/mol. The molecule has 0 bridgehead atoms. The fourth-order valence-corrected chi connectivity index (χ4v) is 4.46. The lowest BCUT2D eigenvalue weighted by molar-refractivity contribution is -0.130. The van der Waals surface area contributed by atoms with E-state index in [0.717, 1.165) is 32.2 Å². The van der Waals surface area contributed by atoms with E-state index < -0.39 is 0 Å². The number of nitrogens with zero attached hydrogens (tertiary/aromatic N) is 1. The highest BCUT2D eigenvalue weighted by molar-refractivity contribution is 7.10. The Balaban J connectivity index is 1.46. The molecule has 3 rings (SSSR count). The van der Waals surface area contributed by atoms with E-state index in [1.165, 1.54) is 24.1 Å². The van der Waals surface area contributed by atoms with Gasteiger partial charge in [0.1, 0.15) is 0 Å². The van der Waals surface area contributed by atoms with Crippen LogP contribution in [0.4, 0.5) is 4.79 Å². The Labute approximate surface area is 141 Å². The van der Waals surface area contributed by atoms with Gasteiger partial charge in [-0.05, 0) is 37.1 Å². The van der Waals surface area contributed by atoms with Crippen molar-refractivity contribution in [3.05, 3.63) is 22.4 Å². The first-order valence-electron chi connectivity index (χ1n) is 8.61. The van der Waals surface area contributed by atoms with Crippen LogP contribution in [-0.4, -0.2) is 36.0 Å². The van der Waals surface area contributed by atoms with Crippen LogP contribution in [0, 0.1) is 0 Å². The Hall–Kier alpha value is -1.56. The van der Waals surface area contributed by atoms with Gasteiger partial charge in [0.05, 0.1) is 12.6 Å². The van der Waals surface area contributed by atoms with E-state index >= 15 is 0 Å². The Morgan fingerprint density at radius 1 is 1.17 bits per heavy atom. The topological polar surface area (TPSA) is 61.4 Å². The fraction of sp³-hybridized carbons (Fsp3) is 0.647. The number of carbonyl (C=O) groups is 2. The summed E-state index contributed by atoms with van der Waals surface area (Å²) in [6, 6.07) is 4.35. The molecule has 6 heteroatoms. The molecule has 0 radical (unpaired) electrons. The Kier molecular flexibility index (Phi) is 5.54. The van der Waals surface area contributed by atoms with Crippen LogP contribution >= 0.6 is 11.3 Å². The molecule has 2 heterocycles. The maximum atomic E-state index is 12.4. The summed E-state index contributed by atoms with van der Waals surface area (Å²) in [6.07, 6.45) is 7.77. The van der Waals surface area contributed by atoms with Gasteiger partial charge in [0, 0.05) is 17.5 Å². The van der Waals surface area contributed by atoms with Gasteiger partial charge in [0.2, 0.25) is 5.91 Å². The summed E-state index contributed by atoms with van der Waals surface area (Å²) >= 11 is 1.70. The first-order chi connectivity index (χ1) is 11.2. The Morgan fingerprint density at radius 3 is 2.74 bits per heavy atom. The van der Waals surface area contributed by atoms with E-state index in [9.17, 15) is 9.59 Å². The Bertz CT molecular complexity index is 526. The van der Waals surface area contributed by atoms with Crippen LogP contribution in [0.5, 0.6) is 0 Å². The first-order valence-corrected chi connectivity index (χ1v) is 9.49. The molecule has 23 heavy (non-hydrogen) atoms.